The first-order chi connectivity index (χ1) is 6.86. The minimum Gasteiger partial charge on any atom is -0.314 e. The van der Waals surface area contributed by atoms with Crippen LogP contribution in [0.4, 0.5) is 0 Å². The number of hydrogen-bond acceptors (Lipinski definition) is 1. The zero-order chi connectivity index (χ0) is 10.2. The topological polar surface area (TPSA) is 12.0 Å². The molecule has 1 unspecified atom stereocenters. The van der Waals surface area contributed by atoms with Crippen molar-refractivity contribution < 1.29 is 0 Å². The van der Waals surface area contributed by atoms with Crippen LogP contribution in [0.25, 0.3) is 0 Å². The van der Waals surface area contributed by atoms with E-state index in [1.807, 2.05) is 0 Å². The summed E-state index contributed by atoms with van der Waals surface area (Å²) in [7, 11) is 0. The molecule has 1 N–H and O–H groups in total. The summed E-state index contributed by atoms with van der Waals surface area (Å²) in [4.78, 5) is 0. The summed E-state index contributed by atoms with van der Waals surface area (Å²) in [6.45, 7) is 5.89. The van der Waals surface area contributed by atoms with Crippen LogP contribution in [-0.2, 0) is 0 Å². The lowest BCUT2D eigenvalue weighted by Gasteiger charge is -2.15. The van der Waals surface area contributed by atoms with Crippen molar-refractivity contribution in [3.05, 3.63) is 0 Å². The van der Waals surface area contributed by atoms with Gasteiger partial charge < -0.3 is 5.32 Å². The lowest BCUT2D eigenvalue weighted by atomic mass is 9.98. The maximum atomic E-state index is 3.65. The van der Waals surface area contributed by atoms with Gasteiger partial charge in [-0.05, 0) is 31.7 Å². The van der Waals surface area contributed by atoms with E-state index in [-0.39, 0.29) is 0 Å². The van der Waals surface area contributed by atoms with Crippen LogP contribution in [0.3, 0.4) is 0 Å². The second kappa shape index (κ2) is 7.28. The van der Waals surface area contributed by atoms with Crippen molar-refractivity contribution in [2.24, 2.45) is 5.92 Å². The van der Waals surface area contributed by atoms with E-state index in [0.29, 0.717) is 0 Å². The Morgan fingerprint density at radius 3 is 2.50 bits per heavy atom. The average molecular weight is 197 g/mol. The molecular formula is C13H27N. The molecule has 1 atom stereocenters. The van der Waals surface area contributed by atoms with Crippen molar-refractivity contribution in [1.29, 1.82) is 0 Å². The van der Waals surface area contributed by atoms with Gasteiger partial charge in [0.1, 0.15) is 0 Å². The quantitative estimate of drug-likeness (QED) is 0.555. The minimum absolute atomic E-state index is 0.889. The number of unbranched alkanes of at least 4 members (excludes halogenated alkanes) is 3. The molecule has 1 nitrogen and oxygen atoms in total. The third kappa shape index (κ3) is 5.64. The van der Waals surface area contributed by atoms with Gasteiger partial charge in [-0.1, -0.05) is 46.0 Å². The Hall–Kier alpha value is -0.0400. The summed E-state index contributed by atoms with van der Waals surface area (Å²) in [5.41, 5.74) is 0. The summed E-state index contributed by atoms with van der Waals surface area (Å²) >= 11 is 0. The van der Waals surface area contributed by atoms with Crippen molar-refractivity contribution >= 4 is 0 Å². The van der Waals surface area contributed by atoms with Gasteiger partial charge in [-0.2, -0.15) is 0 Å². The van der Waals surface area contributed by atoms with Gasteiger partial charge in [0.15, 0.2) is 0 Å². The van der Waals surface area contributed by atoms with Crippen molar-refractivity contribution in [1.82, 2.24) is 5.32 Å². The van der Waals surface area contributed by atoms with E-state index in [2.05, 4.69) is 19.2 Å². The lowest BCUT2D eigenvalue weighted by Crippen LogP contribution is -2.24. The molecule has 1 rings (SSSR count). The van der Waals surface area contributed by atoms with Gasteiger partial charge in [-0.25, -0.2) is 0 Å². The summed E-state index contributed by atoms with van der Waals surface area (Å²) < 4.78 is 0. The molecule has 0 saturated heterocycles. The molecule has 0 bridgehead atoms. The molecule has 0 aromatic carbocycles. The molecule has 0 aromatic rings. The summed E-state index contributed by atoms with van der Waals surface area (Å²) in [6.07, 6.45) is 11.3. The van der Waals surface area contributed by atoms with Gasteiger partial charge >= 0.3 is 0 Å². The number of nitrogens with one attached hydrogen (secondary N) is 1. The monoisotopic (exact) mass is 197 g/mol. The second-order valence-corrected chi connectivity index (χ2v) is 4.81. The van der Waals surface area contributed by atoms with Crippen LogP contribution in [0.2, 0.25) is 0 Å². The molecule has 84 valence electrons. The molecule has 0 aromatic heterocycles. The first kappa shape index (κ1) is 12.0. The molecule has 0 aliphatic heterocycles. The molecule has 0 radical (unpaired) electrons. The third-order valence-electron chi connectivity index (χ3n) is 3.32. The SMILES string of the molecule is CCCCCCC(CC)CNC1CC1. The van der Waals surface area contributed by atoms with E-state index < -0.39 is 0 Å². The Bertz CT molecular complexity index is 129. The average Bonchev–Trinajstić information content (AvgIpc) is 3.01. The predicted octanol–water partition coefficient (Wildman–Crippen LogP) is 3.74. The Labute approximate surface area is 89.7 Å². The number of hydrogen-bond donors (Lipinski definition) is 1. The Morgan fingerprint density at radius 2 is 1.93 bits per heavy atom. The molecule has 1 saturated carbocycles. The highest BCUT2D eigenvalue weighted by molar-refractivity contribution is 4.81. The largest absolute Gasteiger partial charge is 0.314 e. The van der Waals surface area contributed by atoms with Crippen LogP contribution in [0.15, 0.2) is 0 Å². The summed E-state index contributed by atoms with van der Waals surface area (Å²) in [5.74, 6) is 0.937. The first-order valence-electron chi connectivity index (χ1n) is 6.60. The minimum atomic E-state index is 0.889. The first-order valence-corrected chi connectivity index (χ1v) is 6.60. The smallest absolute Gasteiger partial charge is 0.00683 e. The van der Waals surface area contributed by atoms with Crippen LogP contribution in [-0.4, -0.2) is 12.6 Å². The van der Waals surface area contributed by atoms with Crippen LogP contribution in [0, 0.1) is 5.92 Å². The summed E-state index contributed by atoms with van der Waals surface area (Å²) in [5, 5.41) is 3.65. The zero-order valence-corrected chi connectivity index (χ0v) is 10.0. The van der Waals surface area contributed by atoms with Crippen LogP contribution in [0.5, 0.6) is 0 Å². The summed E-state index contributed by atoms with van der Waals surface area (Å²) in [6, 6.07) is 0.889. The third-order valence-corrected chi connectivity index (χ3v) is 3.32. The molecular weight excluding hydrogens is 170 g/mol. The Balaban J connectivity index is 1.93. The van der Waals surface area contributed by atoms with Gasteiger partial charge in [0.2, 0.25) is 0 Å². The van der Waals surface area contributed by atoms with Gasteiger partial charge in [-0.3, -0.25) is 0 Å². The van der Waals surface area contributed by atoms with Crippen LogP contribution < -0.4 is 5.32 Å². The van der Waals surface area contributed by atoms with E-state index in [4.69, 9.17) is 0 Å². The van der Waals surface area contributed by atoms with Crippen molar-refractivity contribution in [2.75, 3.05) is 6.54 Å². The number of rotatable bonds is 9. The van der Waals surface area contributed by atoms with Gasteiger partial charge in [-0.15, -0.1) is 0 Å². The Morgan fingerprint density at radius 1 is 1.14 bits per heavy atom. The zero-order valence-electron chi connectivity index (χ0n) is 10.0. The normalized spacial score (nSPS) is 18.4. The van der Waals surface area contributed by atoms with Gasteiger partial charge in [0, 0.05) is 6.04 Å². The van der Waals surface area contributed by atoms with Crippen molar-refractivity contribution in [2.45, 2.75) is 71.3 Å². The van der Waals surface area contributed by atoms with E-state index >= 15 is 0 Å². The highest BCUT2D eigenvalue weighted by atomic mass is 14.9. The fourth-order valence-corrected chi connectivity index (χ4v) is 1.93. The van der Waals surface area contributed by atoms with E-state index in [1.54, 1.807) is 0 Å². The molecule has 1 aliphatic carbocycles. The molecule has 0 amide bonds. The highest BCUT2D eigenvalue weighted by Crippen LogP contribution is 2.20. The molecule has 14 heavy (non-hydrogen) atoms. The maximum Gasteiger partial charge on any atom is 0.00683 e. The fraction of sp³-hybridized carbons (Fsp3) is 1.00. The second-order valence-electron chi connectivity index (χ2n) is 4.81. The highest BCUT2D eigenvalue weighted by Gasteiger charge is 2.21. The standard InChI is InChI=1S/C13H27N/c1-3-5-6-7-8-12(4-2)11-14-13-9-10-13/h12-14H,3-11H2,1-2H3. The van der Waals surface area contributed by atoms with E-state index in [0.717, 1.165) is 12.0 Å². The molecule has 0 spiro atoms. The van der Waals surface area contributed by atoms with Gasteiger partial charge in [0.25, 0.3) is 0 Å². The molecule has 1 heteroatoms. The van der Waals surface area contributed by atoms with Crippen molar-refractivity contribution in [3.8, 4) is 0 Å². The van der Waals surface area contributed by atoms with E-state index in [1.165, 1.54) is 57.9 Å². The van der Waals surface area contributed by atoms with Crippen LogP contribution >= 0.6 is 0 Å². The van der Waals surface area contributed by atoms with Gasteiger partial charge in [0.05, 0.1) is 0 Å². The molecule has 1 aliphatic rings. The molecule has 1 fully saturated rings. The van der Waals surface area contributed by atoms with E-state index in [9.17, 15) is 0 Å². The Kier molecular flexibility index (Phi) is 6.25. The lowest BCUT2D eigenvalue weighted by molar-refractivity contribution is 0.412. The molecule has 0 heterocycles. The predicted molar refractivity (Wildman–Crippen MR) is 63.6 cm³/mol. The van der Waals surface area contributed by atoms with Crippen LogP contribution in [0.1, 0.15) is 65.2 Å². The van der Waals surface area contributed by atoms with Crippen molar-refractivity contribution in [3.63, 3.8) is 0 Å². The fourth-order valence-electron chi connectivity index (χ4n) is 1.93. The maximum absolute atomic E-state index is 3.65.